The van der Waals surface area contributed by atoms with Crippen molar-refractivity contribution in [3.8, 4) is 0 Å². The number of nitrogens with two attached hydrogens (primary N) is 1. The van der Waals surface area contributed by atoms with Crippen LogP contribution in [0, 0.1) is 0 Å². The third-order valence-electron chi connectivity index (χ3n) is 3.40. The third kappa shape index (κ3) is 2.40. The Bertz CT molecular complexity index is 336. The molecule has 1 aliphatic rings. The van der Waals surface area contributed by atoms with Crippen LogP contribution in [0.3, 0.4) is 0 Å². The molecule has 1 aromatic carbocycles. The van der Waals surface area contributed by atoms with Gasteiger partial charge < -0.3 is 5.73 Å². The van der Waals surface area contributed by atoms with Crippen LogP contribution in [-0.2, 0) is 0 Å². The van der Waals surface area contributed by atoms with Gasteiger partial charge in [0, 0.05) is 17.1 Å². The van der Waals surface area contributed by atoms with Crippen molar-refractivity contribution in [1.82, 2.24) is 4.90 Å². The highest BCUT2D eigenvalue weighted by Crippen LogP contribution is 2.30. The molecule has 0 amide bonds. The maximum Gasteiger partial charge on any atom is 0.0499 e. The Morgan fingerprint density at radius 2 is 2.06 bits per heavy atom. The number of rotatable bonds is 2. The minimum absolute atomic E-state index is 0.245. The van der Waals surface area contributed by atoms with Gasteiger partial charge in [-0.05, 0) is 43.6 Å². The molecular formula is C13H19ClN2. The Balaban J connectivity index is 2.24. The molecule has 0 radical (unpaired) electrons. The van der Waals surface area contributed by atoms with Crippen molar-refractivity contribution in [2.24, 2.45) is 5.73 Å². The van der Waals surface area contributed by atoms with Gasteiger partial charge in [0.25, 0.3) is 0 Å². The highest BCUT2D eigenvalue weighted by atomic mass is 35.5. The molecule has 0 bridgehead atoms. The number of piperidine rings is 1. The minimum atomic E-state index is 0.245. The summed E-state index contributed by atoms with van der Waals surface area (Å²) in [7, 11) is 0. The Morgan fingerprint density at radius 3 is 2.69 bits per heavy atom. The molecule has 16 heavy (non-hydrogen) atoms. The van der Waals surface area contributed by atoms with Gasteiger partial charge in [-0.3, -0.25) is 4.90 Å². The molecule has 1 aliphatic heterocycles. The van der Waals surface area contributed by atoms with Gasteiger partial charge in [-0.15, -0.1) is 0 Å². The van der Waals surface area contributed by atoms with E-state index in [1.165, 1.54) is 12.0 Å². The fraction of sp³-hybridized carbons (Fsp3) is 0.538. The molecule has 2 atom stereocenters. The molecule has 1 fully saturated rings. The van der Waals surface area contributed by atoms with Gasteiger partial charge in [0.05, 0.1) is 0 Å². The molecule has 0 saturated carbocycles. The van der Waals surface area contributed by atoms with Crippen molar-refractivity contribution < 1.29 is 0 Å². The molecule has 1 aromatic rings. The SMILES string of the molecule is CCN1CCCC(N)C1c1ccc(Cl)cc1. The molecule has 2 rings (SSSR count). The number of likely N-dealkylation sites (N-methyl/N-ethyl adjacent to an activating group) is 1. The zero-order valence-electron chi connectivity index (χ0n) is 9.70. The largest absolute Gasteiger partial charge is 0.326 e. The Labute approximate surface area is 102 Å². The molecule has 3 heteroatoms. The van der Waals surface area contributed by atoms with Crippen LogP contribution in [0.4, 0.5) is 0 Å². The summed E-state index contributed by atoms with van der Waals surface area (Å²) in [5.41, 5.74) is 7.53. The van der Waals surface area contributed by atoms with Gasteiger partial charge in [-0.1, -0.05) is 30.7 Å². The lowest BCUT2D eigenvalue weighted by atomic mass is 9.91. The number of benzene rings is 1. The summed E-state index contributed by atoms with van der Waals surface area (Å²) >= 11 is 5.91. The highest BCUT2D eigenvalue weighted by Gasteiger charge is 2.28. The zero-order valence-corrected chi connectivity index (χ0v) is 10.5. The van der Waals surface area contributed by atoms with E-state index in [0.29, 0.717) is 6.04 Å². The summed E-state index contributed by atoms with van der Waals surface area (Å²) in [5.74, 6) is 0. The van der Waals surface area contributed by atoms with Crippen molar-refractivity contribution >= 4 is 11.6 Å². The van der Waals surface area contributed by atoms with E-state index in [-0.39, 0.29) is 6.04 Å². The number of likely N-dealkylation sites (tertiary alicyclic amines) is 1. The number of nitrogens with zero attached hydrogens (tertiary/aromatic N) is 1. The molecule has 1 heterocycles. The predicted molar refractivity (Wildman–Crippen MR) is 68.6 cm³/mol. The number of hydrogen-bond acceptors (Lipinski definition) is 2. The Kier molecular flexibility index (Phi) is 3.85. The van der Waals surface area contributed by atoms with Crippen LogP contribution in [0.2, 0.25) is 5.02 Å². The van der Waals surface area contributed by atoms with Crippen LogP contribution in [-0.4, -0.2) is 24.0 Å². The normalized spacial score (nSPS) is 26.9. The minimum Gasteiger partial charge on any atom is -0.326 e. The fourth-order valence-electron chi connectivity index (χ4n) is 2.57. The summed E-state index contributed by atoms with van der Waals surface area (Å²) in [6.45, 7) is 4.40. The lowest BCUT2D eigenvalue weighted by Crippen LogP contribution is -2.45. The summed E-state index contributed by atoms with van der Waals surface area (Å²) in [6.07, 6.45) is 2.32. The molecule has 0 spiro atoms. The van der Waals surface area contributed by atoms with E-state index in [9.17, 15) is 0 Å². The molecule has 88 valence electrons. The molecule has 2 N–H and O–H groups in total. The summed E-state index contributed by atoms with van der Waals surface area (Å²) in [6, 6.07) is 8.70. The van der Waals surface area contributed by atoms with Crippen molar-refractivity contribution in [2.75, 3.05) is 13.1 Å². The maximum atomic E-state index is 6.24. The summed E-state index contributed by atoms with van der Waals surface area (Å²) < 4.78 is 0. The van der Waals surface area contributed by atoms with Crippen LogP contribution in [0.25, 0.3) is 0 Å². The second-order valence-corrected chi connectivity index (χ2v) is 4.87. The number of halogens is 1. The van der Waals surface area contributed by atoms with E-state index in [1.54, 1.807) is 0 Å². The van der Waals surface area contributed by atoms with Gasteiger partial charge in [-0.2, -0.15) is 0 Å². The predicted octanol–water partition coefficient (Wildman–Crippen LogP) is 2.82. The van der Waals surface area contributed by atoms with E-state index < -0.39 is 0 Å². The second-order valence-electron chi connectivity index (χ2n) is 4.43. The molecule has 0 aliphatic carbocycles. The zero-order chi connectivity index (χ0) is 11.5. The average molecular weight is 239 g/mol. The number of hydrogen-bond donors (Lipinski definition) is 1. The molecular weight excluding hydrogens is 220 g/mol. The summed E-state index contributed by atoms with van der Waals surface area (Å²) in [4.78, 5) is 2.46. The van der Waals surface area contributed by atoms with Gasteiger partial charge in [-0.25, -0.2) is 0 Å². The van der Waals surface area contributed by atoms with Crippen molar-refractivity contribution in [3.63, 3.8) is 0 Å². The Morgan fingerprint density at radius 1 is 1.38 bits per heavy atom. The van der Waals surface area contributed by atoms with E-state index in [1.807, 2.05) is 12.1 Å². The van der Waals surface area contributed by atoms with Crippen LogP contribution in [0.5, 0.6) is 0 Å². The average Bonchev–Trinajstić information content (AvgIpc) is 2.30. The monoisotopic (exact) mass is 238 g/mol. The quantitative estimate of drug-likeness (QED) is 0.859. The standard InChI is InChI=1S/C13H19ClN2/c1-2-16-9-3-4-12(15)13(16)10-5-7-11(14)8-6-10/h5-8,12-13H,2-4,9,15H2,1H3. The van der Waals surface area contributed by atoms with Crippen LogP contribution in [0.15, 0.2) is 24.3 Å². The molecule has 1 saturated heterocycles. The maximum absolute atomic E-state index is 6.24. The van der Waals surface area contributed by atoms with Gasteiger partial charge in [0.15, 0.2) is 0 Å². The van der Waals surface area contributed by atoms with Gasteiger partial charge in [0.2, 0.25) is 0 Å². The first-order valence-corrected chi connectivity index (χ1v) is 6.35. The molecule has 2 unspecified atom stereocenters. The first-order valence-electron chi connectivity index (χ1n) is 5.97. The van der Waals surface area contributed by atoms with E-state index in [0.717, 1.165) is 24.5 Å². The van der Waals surface area contributed by atoms with E-state index in [4.69, 9.17) is 17.3 Å². The first kappa shape index (κ1) is 11.9. The second kappa shape index (κ2) is 5.17. The van der Waals surface area contributed by atoms with Crippen LogP contribution < -0.4 is 5.73 Å². The first-order chi connectivity index (χ1) is 7.72. The molecule has 0 aromatic heterocycles. The van der Waals surface area contributed by atoms with Gasteiger partial charge in [0.1, 0.15) is 0 Å². The van der Waals surface area contributed by atoms with Crippen molar-refractivity contribution in [3.05, 3.63) is 34.9 Å². The van der Waals surface area contributed by atoms with Crippen LogP contribution >= 0.6 is 11.6 Å². The smallest absolute Gasteiger partial charge is 0.0499 e. The highest BCUT2D eigenvalue weighted by molar-refractivity contribution is 6.30. The topological polar surface area (TPSA) is 29.3 Å². The van der Waals surface area contributed by atoms with Crippen molar-refractivity contribution in [1.29, 1.82) is 0 Å². The van der Waals surface area contributed by atoms with Crippen molar-refractivity contribution in [2.45, 2.75) is 31.8 Å². The Hall–Kier alpha value is -0.570. The fourth-order valence-corrected chi connectivity index (χ4v) is 2.70. The third-order valence-corrected chi connectivity index (χ3v) is 3.65. The van der Waals surface area contributed by atoms with E-state index >= 15 is 0 Å². The molecule has 2 nitrogen and oxygen atoms in total. The lowest BCUT2D eigenvalue weighted by molar-refractivity contribution is 0.136. The van der Waals surface area contributed by atoms with E-state index in [2.05, 4.69) is 24.0 Å². The lowest BCUT2D eigenvalue weighted by Gasteiger charge is -2.39. The van der Waals surface area contributed by atoms with Gasteiger partial charge >= 0.3 is 0 Å². The summed E-state index contributed by atoms with van der Waals surface area (Å²) in [5, 5.41) is 0.788. The van der Waals surface area contributed by atoms with Crippen LogP contribution in [0.1, 0.15) is 31.4 Å².